The highest BCUT2D eigenvalue weighted by atomic mass is 15.2. The molecule has 1 spiro atoms. The van der Waals surface area contributed by atoms with Gasteiger partial charge in [0, 0.05) is 30.1 Å². The van der Waals surface area contributed by atoms with Gasteiger partial charge in [-0.1, -0.05) is 12.8 Å². The highest BCUT2D eigenvalue weighted by molar-refractivity contribution is 5.55. The Balaban J connectivity index is 1.52. The number of rotatable bonds is 1. The maximum Gasteiger partial charge on any atom is 0.222 e. The minimum absolute atomic E-state index is 0.306. The first-order chi connectivity index (χ1) is 12.8. The summed E-state index contributed by atoms with van der Waals surface area (Å²) in [5, 5.41) is 3.76. The standard InChI is InChI=1S/C21H33N5/c22-20-24-18-16(7-3-11-21(18)9-1-2-10-21)19(25-20)26-13-5-8-17-15(14-26)6-4-12-23-17/h15,17,23H,1-14H2,(H2,22,24,25). The second kappa shape index (κ2) is 6.66. The van der Waals surface area contributed by atoms with Crippen LogP contribution in [-0.2, 0) is 11.8 Å². The summed E-state index contributed by atoms with van der Waals surface area (Å²) in [6, 6.07) is 0.699. The molecule has 0 bridgehead atoms. The van der Waals surface area contributed by atoms with Crippen molar-refractivity contribution in [3.05, 3.63) is 11.3 Å². The van der Waals surface area contributed by atoms with E-state index in [2.05, 4.69) is 10.2 Å². The predicted molar refractivity (Wildman–Crippen MR) is 105 cm³/mol. The Hall–Kier alpha value is -1.36. The van der Waals surface area contributed by atoms with Gasteiger partial charge in [-0.3, -0.25) is 0 Å². The lowest BCUT2D eigenvalue weighted by molar-refractivity contribution is 0.283. The van der Waals surface area contributed by atoms with Crippen molar-refractivity contribution in [3.63, 3.8) is 0 Å². The van der Waals surface area contributed by atoms with E-state index in [4.69, 9.17) is 15.7 Å². The van der Waals surface area contributed by atoms with E-state index >= 15 is 0 Å². The van der Waals surface area contributed by atoms with Crippen LogP contribution in [0.15, 0.2) is 0 Å². The number of piperidine rings is 1. The molecular formula is C21H33N5. The van der Waals surface area contributed by atoms with Crippen LogP contribution in [0.3, 0.4) is 0 Å². The molecule has 0 radical (unpaired) electrons. The van der Waals surface area contributed by atoms with Gasteiger partial charge < -0.3 is 16.0 Å². The molecule has 3 fully saturated rings. The van der Waals surface area contributed by atoms with Crippen molar-refractivity contribution in [1.82, 2.24) is 15.3 Å². The molecule has 4 aliphatic rings. The van der Waals surface area contributed by atoms with E-state index in [9.17, 15) is 0 Å². The average Bonchev–Trinajstić information content (AvgIpc) is 3.00. The van der Waals surface area contributed by atoms with Gasteiger partial charge in [0.15, 0.2) is 0 Å². The van der Waals surface area contributed by atoms with Gasteiger partial charge in [-0.25, -0.2) is 4.98 Å². The number of nitrogens with one attached hydrogen (secondary N) is 1. The van der Waals surface area contributed by atoms with E-state index in [1.165, 1.54) is 87.8 Å². The first kappa shape index (κ1) is 16.8. The highest BCUT2D eigenvalue weighted by Gasteiger charge is 2.42. The largest absolute Gasteiger partial charge is 0.368 e. The lowest BCUT2D eigenvalue weighted by Crippen LogP contribution is -2.44. The molecule has 5 heteroatoms. The van der Waals surface area contributed by atoms with Crippen LogP contribution in [0.5, 0.6) is 0 Å². The number of hydrogen-bond donors (Lipinski definition) is 2. The molecule has 0 amide bonds. The number of anilines is 2. The highest BCUT2D eigenvalue weighted by Crippen LogP contribution is 2.49. The van der Waals surface area contributed by atoms with Crippen LogP contribution >= 0.6 is 0 Å². The molecule has 26 heavy (non-hydrogen) atoms. The molecule has 5 rings (SSSR count). The SMILES string of the molecule is Nc1nc(N2CCCC3NCCCC3C2)c2c(n1)C1(CCCC1)CCC2. The summed E-state index contributed by atoms with van der Waals surface area (Å²) >= 11 is 0. The molecule has 5 nitrogen and oxygen atoms in total. The zero-order valence-electron chi connectivity index (χ0n) is 16.0. The average molecular weight is 356 g/mol. The molecule has 0 aromatic carbocycles. The molecule has 2 saturated heterocycles. The topological polar surface area (TPSA) is 67.1 Å². The molecule has 1 saturated carbocycles. The molecule has 1 aromatic heterocycles. The summed E-state index contributed by atoms with van der Waals surface area (Å²) in [6.45, 7) is 3.44. The van der Waals surface area contributed by atoms with Crippen molar-refractivity contribution in [2.24, 2.45) is 5.92 Å². The van der Waals surface area contributed by atoms with Crippen molar-refractivity contribution in [1.29, 1.82) is 0 Å². The van der Waals surface area contributed by atoms with Crippen LogP contribution in [0.1, 0.15) is 75.5 Å². The monoisotopic (exact) mass is 355 g/mol. The number of nitrogen functional groups attached to an aromatic ring is 1. The van der Waals surface area contributed by atoms with Gasteiger partial charge >= 0.3 is 0 Å². The van der Waals surface area contributed by atoms with E-state index in [0.29, 0.717) is 17.4 Å². The Morgan fingerprint density at radius 2 is 1.85 bits per heavy atom. The molecular weight excluding hydrogens is 322 g/mol. The van der Waals surface area contributed by atoms with Crippen molar-refractivity contribution in [2.45, 2.75) is 82.1 Å². The van der Waals surface area contributed by atoms with Crippen LogP contribution in [0.4, 0.5) is 11.8 Å². The molecule has 2 atom stereocenters. The van der Waals surface area contributed by atoms with E-state index in [-0.39, 0.29) is 0 Å². The van der Waals surface area contributed by atoms with E-state index in [1.54, 1.807) is 0 Å². The maximum absolute atomic E-state index is 6.25. The second-order valence-electron chi connectivity index (χ2n) is 9.12. The fourth-order valence-electron chi connectivity index (χ4n) is 6.32. The predicted octanol–water partition coefficient (Wildman–Crippen LogP) is 3.18. The first-order valence-corrected chi connectivity index (χ1v) is 10.9. The quantitative estimate of drug-likeness (QED) is 0.810. The third-order valence-corrected chi connectivity index (χ3v) is 7.57. The Bertz CT molecular complexity index is 667. The fraction of sp³-hybridized carbons (Fsp3) is 0.810. The molecule has 3 N–H and O–H groups in total. The molecule has 142 valence electrons. The number of fused-ring (bicyclic) bond motifs is 3. The molecule has 1 aromatic rings. The summed E-state index contributed by atoms with van der Waals surface area (Å²) in [7, 11) is 0. The van der Waals surface area contributed by atoms with Gasteiger partial charge in [-0.15, -0.1) is 0 Å². The molecule has 2 aliphatic heterocycles. The van der Waals surface area contributed by atoms with Crippen LogP contribution < -0.4 is 16.0 Å². The number of aromatic nitrogens is 2. The van der Waals surface area contributed by atoms with E-state index in [1.807, 2.05) is 0 Å². The van der Waals surface area contributed by atoms with Crippen molar-refractivity contribution < 1.29 is 0 Å². The van der Waals surface area contributed by atoms with Crippen molar-refractivity contribution in [2.75, 3.05) is 30.3 Å². The summed E-state index contributed by atoms with van der Waals surface area (Å²) in [5.74, 6) is 2.43. The van der Waals surface area contributed by atoms with Crippen molar-refractivity contribution in [3.8, 4) is 0 Å². The third-order valence-electron chi connectivity index (χ3n) is 7.57. The third kappa shape index (κ3) is 2.79. The molecule has 2 aliphatic carbocycles. The zero-order chi connectivity index (χ0) is 17.6. The van der Waals surface area contributed by atoms with Crippen LogP contribution in [-0.4, -0.2) is 35.6 Å². The van der Waals surface area contributed by atoms with Gasteiger partial charge in [-0.05, 0) is 70.3 Å². The minimum Gasteiger partial charge on any atom is -0.368 e. The lowest BCUT2D eigenvalue weighted by atomic mass is 9.71. The zero-order valence-corrected chi connectivity index (χ0v) is 16.0. The Morgan fingerprint density at radius 3 is 2.73 bits per heavy atom. The summed E-state index contributed by atoms with van der Waals surface area (Å²) in [5.41, 5.74) is 9.32. The molecule has 3 heterocycles. The summed E-state index contributed by atoms with van der Waals surface area (Å²) in [6.07, 6.45) is 14.2. The second-order valence-corrected chi connectivity index (χ2v) is 9.12. The Kier molecular flexibility index (Phi) is 4.30. The Labute approximate surface area is 157 Å². The van der Waals surface area contributed by atoms with Crippen LogP contribution in [0.25, 0.3) is 0 Å². The van der Waals surface area contributed by atoms with Crippen LogP contribution in [0.2, 0.25) is 0 Å². The summed E-state index contributed by atoms with van der Waals surface area (Å²) in [4.78, 5) is 12.2. The number of nitrogens with two attached hydrogens (primary N) is 1. The minimum atomic E-state index is 0.306. The first-order valence-electron chi connectivity index (χ1n) is 10.9. The lowest BCUT2D eigenvalue weighted by Gasteiger charge is -2.38. The number of hydrogen-bond acceptors (Lipinski definition) is 5. The van der Waals surface area contributed by atoms with Gasteiger partial charge in [0.25, 0.3) is 0 Å². The fourth-order valence-corrected chi connectivity index (χ4v) is 6.32. The smallest absolute Gasteiger partial charge is 0.222 e. The van der Waals surface area contributed by atoms with E-state index in [0.717, 1.165) is 25.4 Å². The van der Waals surface area contributed by atoms with Gasteiger partial charge in [0.05, 0.1) is 5.69 Å². The normalized spacial score (nSPS) is 30.7. The van der Waals surface area contributed by atoms with Gasteiger partial charge in [0.2, 0.25) is 5.95 Å². The van der Waals surface area contributed by atoms with E-state index < -0.39 is 0 Å². The van der Waals surface area contributed by atoms with Gasteiger partial charge in [-0.2, -0.15) is 4.98 Å². The molecule has 2 unspecified atom stereocenters. The Morgan fingerprint density at radius 1 is 1.00 bits per heavy atom. The summed E-state index contributed by atoms with van der Waals surface area (Å²) < 4.78 is 0. The number of nitrogens with zero attached hydrogens (tertiary/aromatic N) is 3. The van der Waals surface area contributed by atoms with Crippen LogP contribution in [0, 0.1) is 5.92 Å². The maximum atomic E-state index is 6.25. The van der Waals surface area contributed by atoms with Crippen molar-refractivity contribution >= 4 is 11.8 Å². The van der Waals surface area contributed by atoms with Gasteiger partial charge in [0.1, 0.15) is 5.82 Å².